The number of anilines is 1. The lowest BCUT2D eigenvalue weighted by atomic mass is 10.2. The van der Waals surface area contributed by atoms with E-state index in [4.69, 9.17) is 0 Å². The second kappa shape index (κ2) is 7.28. The van der Waals surface area contributed by atoms with Crippen LogP contribution in [0.4, 0.5) is 14.5 Å². The standard InChI is InChI=1S/C17H18F2N2O3S/c1-11(2)21(3)25(23,24)16-6-4-12(5-7-16)17(22)20-15-9-13(18)8-14(19)10-15/h4-11H,1-3H3,(H,20,22). The summed E-state index contributed by atoms with van der Waals surface area (Å²) in [5, 5.41) is 2.36. The molecule has 0 aliphatic carbocycles. The van der Waals surface area contributed by atoms with Gasteiger partial charge in [0.1, 0.15) is 11.6 Å². The highest BCUT2D eigenvalue weighted by Crippen LogP contribution is 2.18. The molecule has 134 valence electrons. The molecular formula is C17H18F2N2O3S. The van der Waals surface area contributed by atoms with Crippen molar-refractivity contribution in [3.63, 3.8) is 0 Å². The quantitative estimate of drug-likeness (QED) is 0.881. The molecule has 1 amide bonds. The van der Waals surface area contributed by atoms with Gasteiger partial charge in [-0.25, -0.2) is 17.2 Å². The number of sulfonamides is 1. The van der Waals surface area contributed by atoms with Crippen molar-refractivity contribution in [2.24, 2.45) is 0 Å². The van der Waals surface area contributed by atoms with Crippen LogP contribution in [0.5, 0.6) is 0 Å². The zero-order valence-electron chi connectivity index (χ0n) is 14.0. The van der Waals surface area contributed by atoms with E-state index in [9.17, 15) is 22.0 Å². The van der Waals surface area contributed by atoms with Gasteiger partial charge in [0.05, 0.1) is 4.90 Å². The number of carbonyl (C=O) groups excluding carboxylic acids is 1. The molecule has 0 saturated heterocycles. The Labute approximate surface area is 145 Å². The highest BCUT2D eigenvalue weighted by atomic mass is 32.2. The first-order chi connectivity index (χ1) is 11.6. The first-order valence-corrected chi connectivity index (χ1v) is 8.91. The third-order valence-electron chi connectivity index (χ3n) is 3.64. The molecule has 0 radical (unpaired) electrons. The average Bonchev–Trinajstić information content (AvgIpc) is 2.53. The van der Waals surface area contributed by atoms with Crippen molar-refractivity contribution in [1.29, 1.82) is 0 Å². The predicted octanol–water partition coefficient (Wildman–Crippen LogP) is 3.25. The maximum Gasteiger partial charge on any atom is 0.255 e. The predicted molar refractivity (Wildman–Crippen MR) is 90.8 cm³/mol. The van der Waals surface area contributed by atoms with Crippen molar-refractivity contribution < 1.29 is 22.0 Å². The highest BCUT2D eigenvalue weighted by molar-refractivity contribution is 7.89. The Morgan fingerprint density at radius 1 is 1.04 bits per heavy atom. The Kier molecular flexibility index (Phi) is 5.54. The molecule has 0 spiro atoms. The van der Waals surface area contributed by atoms with Crippen LogP contribution in [-0.2, 0) is 10.0 Å². The Balaban J connectivity index is 2.20. The number of hydrogen-bond donors (Lipinski definition) is 1. The summed E-state index contributed by atoms with van der Waals surface area (Å²) >= 11 is 0. The summed E-state index contributed by atoms with van der Waals surface area (Å²) < 4.78 is 52.2. The fourth-order valence-corrected chi connectivity index (χ4v) is 3.42. The smallest absolute Gasteiger partial charge is 0.255 e. The molecule has 1 N–H and O–H groups in total. The zero-order valence-corrected chi connectivity index (χ0v) is 14.8. The van der Waals surface area contributed by atoms with Gasteiger partial charge in [0.2, 0.25) is 10.0 Å². The average molecular weight is 368 g/mol. The number of halogens is 2. The second-order valence-corrected chi connectivity index (χ2v) is 7.75. The number of amides is 1. The minimum absolute atomic E-state index is 0.0289. The summed E-state index contributed by atoms with van der Waals surface area (Å²) in [5.41, 5.74) is 0.134. The Hall–Kier alpha value is -2.32. The van der Waals surface area contributed by atoms with Crippen molar-refractivity contribution in [2.75, 3.05) is 12.4 Å². The molecule has 2 rings (SSSR count). The summed E-state index contributed by atoms with van der Waals surface area (Å²) in [6, 6.07) is 7.76. The van der Waals surface area contributed by atoms with E-state index in [1.54, 1.807) is 13.8 Å². The number of nitrogens with zero attached hydrogens (tertiary/aromatic N) is 1. The fourth-order valence-electron chi connectivity index (χ4n) is 2.05. The van der Waals surface area contributed by atoms with Crippen LogP contribution in [-0.4, -0.2) is 31.7 Å². The summed E-state index contributed by atoms with van der Waals surface area (Å²) in [6.45, 7) is 3.50. The number of carbonyl (C=O) groups is 1. The number of rotatable bonds is 5. The van der Waals surface area contributed by atoms with Crippen LogP contribution in [0.25, 0.3) is 0 Å². The fraction of sp³-hybridized carbons (Fsp3) is 0.235. The van der Waals surface area contributed by atoms with Gasteiger partial charge in [-0.3, -0.25) is 4.79 Å². The van der Waals surface area contributed by atoms with Crippen LogP contribution < -0.4 is 5.32 Å². The molecule has 0 heterocycles. The molecule has 0 aliphatic rings. The Bertz CT molecular complexity index is 861. The van der Waals surface area contributed by atoms with Crippen LogP contribution in [0.1, 0.15) is 24.2 Å². The normalized spacial score (nSPS) is 11.8. The maximum atomic E-state index is 13.1. The van der Waals surface area contributed by atoms with Crippen LogP contribution in [0, 0.1) is 11.6 Å². The summed E-state index contributed by atoms with van der Waals surface area (Å²) in [6.07, 6.45) is 0. The van der Waals surface area contributed by atoms with Gasteiger partial charge in [0, 0.05) is 30.4 Å². The van der Waals surface area contributed by atoms with Crippen LogP contribution in [0.3, 0.4) is 0 Å². The number of benzene rings is 2. The van der Waals surface area contributed by atoms with E-state index in [0.717, 1.165) is 12.1 Å². The third kappa shape index (κ3) is 4.40. The minimum atomic E-state index is -3.65. The monoisotopic (exact) mass is 368 g/mol. The van der Waals surface area contributed by atoms with E-state index < -0.39 is 27.6 Å². The van der Waals surface area contributed by atoms with Gasteiger partial charge >= 0.3 is 0 Å². The molecule has 0 aromatic heterocycles. The van der Waals surface area contributed by atoms with Gasteiger partial charge < -0.3 is 5.32 Å². The van der Waals surface area contributed by atoms with E-state index in [-0.39, 0.29) is 22.2 Å². The first-order valence-electron chi connectivity index (χ1n) is 7.47. The first kappa shape index (κ1) is 19.0. The second-order valence-electron chi connectivity index (χ2n) is 5.75. The van der Waals surface area contributed by atoms with Gasteiger partial charge in [0.25, 0.3) is 5.91 Å². The molecule has 0 fully saturated rings. The molecule has 2 aromatic rings. The Morgan fingerprint density at radius 2 is 1.56 bits per heavy atom. The molecule has 0 saturated carbocycles. The molecular weight excluding hydrogens is 350 g/mol. The molecule has 0 bridgehead atoms. The number of nitrogens with one attached hydrogen (secondary N) is 1. The SMILES string of the molecule is CC(C)N(C)S(=O)(=O)c1ccc(C(=O)Nc2cc(F)cc(F)c2)cc1. The molecule has 8 heteroatoms. The lowest BCUT2D eigenvalue weighted by molar-refractivity contribution is 0.102. The van der Waals surface area contributed by atoms with Crippen LogP contribution in [0.15, 0.2) is 47.4 Å². The van der Waals surface area contributed by atoms with Crippen LogP contribution >= 0.6 is 0 Å². The van der Waals surface area contributed by atoms with Crippen LogP contribution in [0.2, 0.25) is 0 Å². The summed E-state index contributed by atoms with van der Waals surface area (Å²) in [4.78, 5) is 12.2. The lowest BCUT2D eigenvalue weighted by Crippen LogP contribution is -2.33. The topological polar surface area (TPSA) is 66.5 Å². The van der Waals surface area contributed by atoms with Crippen molar-refractivity contribution in [2.45, 2.75) is 24.8 Å². The maximum absolute atomic E-state index is 13.1. The van der Waals surface area contributed by atoms with E-state index in [1.165, 1.54) is 35.6 Å². The van der Waals surface area contributed by atoms with Gasteiger partial charge in [0.15, 0.2) is 0 Å². The zero-order chi connectivity index (χ0) is 18.8. The van der Waals surface area contributed by atoms with Gasteiger partial charge in [-0.2, -0.15) is 4.31 Å². The van der Waals surface area contributed by atoms with Crippen molar-refractivity contribution in [3.8, 4) is 0 Å². The Morgan fingerprint density at radius 3 is 2.04 bits per heavy atom. The minimum Gasteiger partial charge on any atom is -0.322 e. The molecule has 0 atom stereocenters. The van der Waals surface area contributed by atoms with E-state index in [2.05, 4.69) is 5.32 Å². The highest BCUT2D eigenvalue weighted by Gasteiger charge is 2.23. The molecule has 0 aliphatic heterocycles. The lowest BCUT2D eigenvalue weighted by Gasteiger charge is -2.21. The summed E-state index contributed by atoms with van der Waals surface area (Å²) in [7, 11) is -2.18. The van der Waals surface area contributed by atoms with Crippen molar-refractivity contribution in [1.82, 2.24) is 4.31 Å². The van der Waals surface area contributed by atoms with Gasteiger partial charge in [-0.1, -0.05) is 0 Å². The molecule has 0 unspecified atom stereocenters. The molecule has 5 nitrogen and oxygen atoms in total. The van der Waals surface area contributed by atoms with Gasteiger partial charge in [-0.15, -0.1) is 0 Å². The largest absolute Gasteiger partial charge is 0.322 e. The van der Waals surface area contributed by atoms with E-state index in [0.29, 0.717) is 6.07 Å². The van der Waals surface area contributed by atoms with E-state index >= 15 is 0 Å². The third-order valence-corrected chi connectivity index (χ3v) is 5.69. The van der Waals surface area contributed by atoms with Crippen molar-refractivity contribution >= 4 is 21.6 Å². The molecule has 2 aromatic carbocycles. The summed E-state index contributed by atoms with van der Waals surface area (Å²) in [5.74, 6) is -2.23. The van der Waals surface area contributed by atoms with Gasteiger partial charge in [-0.05, 0) is 50.2 Å². The van der Waals surface area contributed by atoms with E-state index in [1.807, 2.05) is 0 Å². The molecule has 25 heavy (non-hydrogen) atoms. The number of hydrogen-bond acceptors (Lipinski definition) is 3. The van der Waals surface area contributed by atoms with Crippen molar-refractivity contribution in [3.05, 3.63) is 59.7 Å².